The van der Waals surface area contributed by atoms with Gasteiger partial charge < -0.3 is 15.4 Å². The number of amides is 1. The van der Waals surface area contributed by atoms with Crippen molar-refractivity contribution in [2.24, 2.45) is 0 Å². The molecule has 0 bridgehead atoms. The SMILES string of the molecule is COc1cc(N)c(Cl)cc1C(=O)N1CCN(Cc2ccccc2)CC1.Cl.Cl. The van der Waals surface area contributed by atoms with E-state index in [1.165, 1.54) is 12.7 Å². The summed E-state index contributed by atoms with van der Waals surface area (Å²) in [6.45, 7) is 3.94. The number of benzene rings is 2. The van der Waals surface area contributed by atoms with E-state index in [0.29, 0.717) is 35.1 Å². The molecule has 0 spiro atoms. The summed E-state index contributed by atoms with van der Waals surface area (Å²) in [4.78, 5) is 17.0. The first kappa shape index (κ1) is 23.4. The van der Waals surface area contributed by atoms with Crippen LogP contribution in [-0.2, 0) is 6.54 Å². The number of ether oxygens (including phenoxy) is 1. The number of carbonyl (C=O) groups is 1. The van der Waals surface area contributed by atoms with E-state index in [-0.39, 0.29) is 30.7 Å². The van der Waals surface area contributed by atoms with Gasteiger partial charge in [-0.25, -0.2) is 0 Å². The second-order valence-corrected chi connectivity index (χ2v) is 6.54. The van der Waals surface area contributed by atoms with Crippen molar-refractivity contribution in [2.45, 2.75) is 6.54 Å². The molecule has 3 rings (SSSR count). The van der Waals surface area contributed by atoms with E-state index in [2.05, 4.69) is 17.0 Å². The largest absolute Gasteiger partial charge is 0.496 e. The van der Waals surface area contributed by atoms with Gasteiger partial charge in [-0.1, -0.05) is 41.9 Å². The van der Waals surface area contributed by atoms with E-state index >= 15 is 0 Å². The van der Waals surface area contributed by atoms with Gasteiger partial charge in [-0.3, -0.25) is 9.69 Å². The van der Waals surface area contributed by atoms with Crippen LogP contribution in [0.25, 0.3) is 0 Å². The maximum atomic E-state index is 12.8. The van der Waals surface area contributed by atoms with Crippen LogP contribution in [-0.4, -0.2) is 49.0 Å². The molecular weight excluding hydrogens is 409 g/mol. The fraction of sp³-hybridized carbons (Fsp3) is 0.316. The number of rotatable bonds is 4. The zero-order valence-electron chi connectivity index (χ0n) is 15.1. The topological polar surface area (TPSA) is 58.8 Å². The molecule has 0 atom stereocenters. The van der Waals surface area contributed by atoms with E-state index in [0.717, 1.165) is 19.6 Å². The lowest BCUT2D eigenvalue weighted by Gasteiger charge is -2.35. The molecule has 1 heterocycles. The van der Waals surface area contributed by atoms with Crippen molar-refractivity contribution >= 4 is 48.0 Å². The Bertz CT molecular complexity index is 751. The highest BCUT2D eigenvalue weighted by molar-refractivity contribution is 6.33. The molecule has 1 aliphatic heterocycles. The van der Waals surface area contributed by atoms with Gasteiger partial charge in [-0.2, -0.15) is 0 Å². The number of nitrogen functional groups attached to an aromatic ring is 1. The average Bonchev–Trinajstić information content (AvgIpc) is 2.64. The quantitative estimate of drug-likeness (QED) is 0.748. The van der Waals surface area contributed by atoms with E-state index in [4.69, 9.17) is 22.1 Å². The van der Waals surface area contributed by atoms with E-state index < -0.39 is 0 Å². The summed E-state index contributed by atoms with van der Waals surface area (Å²) < 4.78 is 5.30. The van der Waals surface area contributed by atoms with Crippen LogP contribution in [0.4, 0.5) is 5.69 Å². The molecule has 0 radical (unpaired) electrons. The first-order valence-electron chi connectivity index (χ1n) is 8.27. The Labute approximate surface area is 177 Å². The number of halogens is 3. The monoisotopic (exact) mass is 431 g/mol. The molecule has 2 aromatic carbocycles. The minimum atomic E-state index is -0.0712. The first-order chi connectivity index (χ1) is 12.1. The highest BCUT2D eigenvalue weighted by Gasteiger charge is 2.25. The number of nitrogens with two attached hydrogens (primary N) is 1. The van der Waals surface area contributed by atoms with Crippen LogP contribution in [0, 0.1) is 0 Å². The highest BCUT2D eigenvalue weighted by Crippen LogP contribution is 2.30. The summed E-state index contributed by atoms with van der Waals surface area (Å²) in [5, 5.41) is 0.367. The van der Waals surface area contributed by atoms with Crippen LogP contribution in [0.15, 0.2) is 42.5 Å². The van der Waals surface area contributed by atoms with Crippen LogP contribution < -0.4 is 10.5 Å². The highest BCUT2D eigenvalue weighted by atomic mass is 35.5. The molecule has 2 aromatic rings. The van der Waals surface area contributed by atoms with Gasteiger partial charge in [0.25, 0.3) is 5.91 Å². The Morgan fingerprint density at radius 3 is 2.33 bits per heavy atom. The number of hydrogen-bond acceptors (Lipinski definition) is 4. The van der Waals surface area contributed by atoms with Crippen molar-refractivity contribution in [1.29, 1.82) is 0 Å². The average molecular weight is 433 g/mol. The lowest BCUT2D eigenvalue weighted by atomic mass is 10.1. The third-order valence-corrected chi connectivity index (χ3v) is 4.79. The summed E-state index contributed by atoms with van der Waals surface area (Å²) in [6, 6.07) is 13.6. The van der Waals surface area contributed by atoms with E-state index in [1.54, 1.807) is 12.1 Å². The second-order valence-electron chi connectivity index (χ2n) is 6.13. The summed E-state index contributed by atoms with van der Waals surface area (Å²) in [7, 11) is 1.53. The predicted molar refractivity (Wildman–Crippen MR) is 115 cm³/mol. The molecule has 1 saturated heterocycles. The molecule has 0 aliphatic carbocycles. The lowest BCUT2D eigenvalue weighted by Crippen LogP contribution is -2.48. The van der Waals surface area contributed by atoms with Gasteiger partial charge in [0.1, 0.15) is 5.75 Å². The zero-order valence-corrected chi connectivity index (χ0v) is 17.4. The molecule has 0 saturated carbocycles. The molecule has 0 aromatic heterocycles. The van der Waals surface area contributed by atoms with Gasteiger partial charge in [0.2, 0.25) is 0 Å². The molecule has 2 N–H and O–H groups in total. The number of anilines is 1. The summed E-state index contributed by atoms with van der Waals surface area (Å²) >= 11 is 6.08. The van der Waals surface area contributed by atoms with Gasteiger partial charge >= 0.3 is 0 Å². The Balaban J connectivity index is 0.00000182. The van der Waals surface area contributed by atoms with Gasteiger partial charge in [0, 0.05) is 38.8 Å². The standard InChI is InChI=1S/C19H22ClN3O2.2ClH/c1-25-18-12-17(21)16(20)11-15(18)19(24)23-9-7-22(8-10-23)13-14-5-3-2-4-6-14;;/h2-6,11-12H,7-10,13,21H2,1H3;2*1H. The van der Waals surface area contributed by atoms with Gasteiger partial charge in [-0.05, 0) is 11.6 Å². The van der Waals surface area contributed by atoms with Crippen LogP contribution in [0.5, 0.6) is 5.75 Å². The van der Waals surface area contributed by atoms with Crippen molar-refractivity contribution in [3.8, 4) is 5.75 Å². The smallest absolute Gasteiger partial charge is 0.257 e. The third kappa shape index (κ3) is 5.66. The summed E-state index contributed by atoms with van der Waals surface area (Å²) in [5.41, 5.74) is 7.94. The van der Waals surface area contributed by atoms with E-state index in [1.807, 2.05) is 23.1 Å². The Hall–Kier alpha value is -1.66. The summed E-state index contributed by atoms with van der Waals surface area (Å²) in [6.07, 6.45) is 0. The molecule has 1 fully saturated rings. The normalized spacial score (nSPS) is 14.1. The van der Waals surface area contributed by atoms with Crippen molar-refractivity contribution in [3.05, 3.63) is 58.6 Å². The van der Waals surface area contributed by atoms with Crippen LogP contribution >= 0.6 is 36.4 Å². The maximum Gasteiger partial charge on any atom is 0.257 e. The van der Waals surface area contributed by atoms with Gasteiger partial charge in [0.15, 0.2) is 0 Å². The van der Waals surface area contributed by atoms with Gasteiger partial charge in [0.05, 0.1) is 23.4 Å². The van der Waals surface area contributed by atoms with Gasteiger partial charge in [-0.15, -0.1) is 24.8 Å². The number of carbonyl (C=O) groups excluding carboxylic acids is 1. The number of piperazine rings is 1. The van der Waals surface area contributed by atoms with Crippen molar-refractivity contribution in [1.82, 2.24) is 9.80 Å². The summed E-state index contributed by atoms with van der Waals surface area (Å²) in [5.74, 6) is 0.386. The van der Waals surface area contributed by atoms with Crippen LogP contribution in [0.1, 0.15) is 15.9 Å². The van der Waals surface area contributed by atoms with Crippen LogP contribution in [0.2, 0.25) is 5.02 Å². The second kappa shape index (κ2) is 10.6. The zero-order chi connectivity index (χ0) is 17.8. The first-order valence-corrected chi connectivity index (χ1v) is 8.65. The molecular formula is C19H24Cl3N3O2. The number of methoxy groups -OCH3 is 1. The number of hydrogen-bond donors (Lipinski definition) is 1. The molecule has 5 nitrogen and oxygen atoms in total. The molecule has 8 heteroatoms. The Morgan fingerprint density at radius 1 is 1.11 bits per heavy atom. The van der Waals surface area contributed by atoms with Crippen molar-refractivity contribution in [2.75, 3.05) is 39.0 Å². The molecule has 0 unspecified atom stereocenters. The third-order valence-electron chi connectivity index (χ3n) is 4.46. The van der Waals surface area contributed by atoms with Crippen LogP contribution in [0.3, 0.4) is 0 Å². The minimum Gasteiger partial charge on any atom is -0.496 e. The van der Waals surface area contributed by atoms with E-state index in [9.17, 15) is 4.79 Å². The Morgan fingerprint density at radius 2 is 1.74 bits per heavy atom. The molecule has 27 heavy (non-hydrogen) atoms. The fourth-order valence-electron chi connectivity index (χ4n) is 3.03. The van der Waals surface area contributed by atoms with Crippen molar-refractivity contribution in [3.63, 3.8) is 0 Å². The Kier molecular flexibility index (Phi) is 9.19. The lowest BCUT2D eigenvalue weighted by molar-refractivity contribution is 0.0625. The molecule has 148 valence electrons. The number of nitrogens with zero attached hydrogens (tertiary/aromatic N) is 2. The maximum absolute atomic E-state index is 12.8. The predicted octanol–water partition coefficient (Wildman–Crippen LogP) is 3.73. The molecule has 1 amide bonds. The molecule has 1 aliphatic rings. The van der Waals surface area contributed by atoms with Crippen molar-refractivity contribution < 1.29 is 9.53 Å². The minimum absolute atomic E-state index is 0. The fourth-order valence-corrected chi connectivity index (χ4v) is 3.19.